The number of rotatable bonds is 5. The molecule has 6 nitrogen and oxygen atoms in total. The van der Waals surface area contributed by atoms with Crippen molar-refractivity contribution in [3.8, 4) is 0 Å². The molecule has 0 aliphatic carbocycles. The van der Waals surface area contributed by atoms with E-state index in [9.17, 15) is 14.5 Å². The second-order valence-electron chi connectivity index (χ2n) is 3.98. The van der Waals surface area contributed by atoms with Gasteiger partial charge in [0.05, 0.1) is 11.1 Å². The van der Waals surface area contributed by atoms with Gasteiger partial charge in [-0.1, -0.05) is 0 Å². The number of nitrogens with zero attached hydrogens (tertiary/aromatic N) is 3. The second kappa shape index (κ2) is 5.47. The zero-order valence-electron chi connectivity index (χ0n) is 10.3. The van der Waals surface area contributed by atoms with Gasteiger partial charge in [-0.05, 0) is 13.0 Å². The van der Waals surface area contributed by atoms with E-state index in [0.29, 0.717) is 12.2 Å². The van der Waals surface area contributed by atoms with Crippen LogP contribution in [0.4, 0.5) is 15.8 Å². The molecule has 2 rings (SSSR count). The number of nitrogens with one attached hydrogen (secondary N) is 1. The topological polar surface area (TPSA) is 73.0 Å². The van der Waals surface area contributed by atoms with E-state index in [0.717, 1.165) is 24.2 Å². The maximum atomic E-state index is 13.4. The Labute approximate surface area is 109 Å². The van der Waals surface area contributed by atoms with Gasteiger partial charge in [0.15, 0.2) is 0 Å². The van der Waals surface area contributed by atoms with E-state index in [2.05, 4.69) is 10.4 Å². The van der Waals surface area contributed by atoms with Gasteiger partial charge in [-0.15, -0.1) is 0 Å². The first kappa shape index (κ1) is 13.0. The third-order valence-electron chi connectivity index (χ3n) is 2.65. The average molecular weight is 264 g/mol. The summed E-state index contributed by atoms with van der Waals surface area (Å²) >= 11 is 0. The fourth-order valence-corrected chi connectivity index (χ4v) is 1.64. The van der Waals surface area contributed by atoms with Crippen LogP contribution in [0.3, 0.4) is 0 Å². The maximum absolute atomic E-state index is 13.4. The van der Waals surface area contributed by atoms with E-state index >= 15 is 0 Å². The molecule has 0 spiro atoms. The van der Waals surface area contributed by atoms with Crippen molar-refractivity contribution < 1.29 is 9.31 Å². The molecule has 1 N–H and O–H groups in total. The lowest BCUT2D eigenvalue weighted by molar-refractivity contribution is -0.387. The van der Waals surface area contributed by atoms with E-state index in [1.165, 1.54) is 6.07 Å². The van der Waals surface area contributed by atoms with E-state index in [4.69, 9.17) is 0 Å². The second-order valence-corrected chi connectivity index (χ2v) is 3.98. The molecule has 0 unspecified atom stereocenters. The molecule has 0 radical (unpaired) electrons. The summed E-state index contributed by atoms with van der Waals surface area (Å²) < 4.78 is 15.2. The van der Waals surface area contributed by atoms with Gasteiger partial charge in [-0.3, -0.25) is 14.8 Å². The number of anilines is 1. The first-order valence-corrected chi connectivity index (χ1v) is 5.79. The van der Waals surface area contributed by atoms with Gasteiger partial charge < -0.3 is 5.32 Å². The Bertz CT molecular complexity index is 597. The van der Waals surface area contributed by atoms with Crippen molar-refractivity contribution in [3.63, 3.8) is 0 Å². The Morgan fingerprint density at radius 2 is 2.32 bits per heavy atom. The van der Waals surface area contributed by atoms with Gasteiger partial charge in [0.2, 0.25) is 5.82 Å². The Hall–Kier alpha value is -2.44. The van der Waals surface area contributed by atoms with Crippen LogP contribution in [0.25, 0.3) is 0 Å². The zero-order chi connectivity index (χ0) is 13.8. The van der Waals surface area contributed by atoms with Crippen molar-refractivity contribution in [2.45, 2.75) is 20.0 Å². The largest absolute Gasteiger partial charge is 0.381 e. The molecule has 0 aliphatic heterocycles. The summed E-state index contributed by atoms with van der Waals surface area (Å²) in [6.07, 6.45) is 3.60. The van der Waals surface area contributed by atoms with Crippen LogP contribution in [0.5, 0.6) is 0 Å². The molecule has 0 saturated heterocycles. The number of aromatic nitrogens is 2. The smallest absolute Gasteiger partial charge is 0.304 e. The molecule has 0 atom stereocenters. The highest BCUT2D eigenvalue weighted by Crippen LogP contribution is 2.21. The van der Waals surface area contributed by atoms with Crippen molar-refractivity contribution >= 4 is 11.4 Å². The van der Waals surface area contributed by atoms with Crippen LogP contribution in [0.15, 0.2) is 30.6 Å². The van der Waals surface area contributed by atoms with Gasteiger partial charge in [0.25, 0.3) is 0 Å². The number of hydrogen-bond acceptors (Lipinski definition) is 4. The third kappa shape index (κ3) is 3.06. The molecule has 19 heavy (non-hydrogen) atoms. The number of aryl methyl sites for hydroxylation is 1. The van der Waals surface area contributed by atoms with Gasteiger partial charge in [0, 0.05) is 42.7 Å². The molecule has 1 heterocycles. The van der Waals surface area contributed by atoms with E-state index in [-0.39, 0.29) is 0 Å². The minimum Gasteiger partial charge on any atom is -0.381 e. The van der Waals surface area contributed by atoms with Gasteiger partial charge >= 0.3 is 5.69 Å². The molecule has 0 amide bonds. The van der Waals surface area contributed by atoms with E-state index < -0.39 is 16.4 Å². The number of nitro groups is 1. The first-order valence-electron chi connectivity index (χ1n) is 5.79. The lowest BCUT2D eigenvalue weighted by atomic mass is 10.2. The van der Waals surface area contributed by atoms with Gasteiger partial charge in [-0.25, -0.2) is 0 Å². The van der Waals surface area contributed by atoms with Crippen molar-refractivity contribution in [3.05, 3.63) is 52.1 Å². The van der Waals surface area contributed by atoms with Crippen LogP contribution >= 0.6 is 0 Å². The summed E-state index contributed by atoms with van der Waals surface area (Å²) in [5.41, 5.74) is 0.928. The summed E-state index contributed by atoms with van der Waals surface area (Å²) in [5.74, 6) is -0.848. The summed E-state index contributed by atoms with van der Waals surface area (Å²) in [6.45, 7) is 3.25. The minimum atomic E-state index is -0.848. The lowest BCUT2D eigenvalue weighted by Crippen LogP contribution is -2.00. The Balaban J connectivity index is 2.03. The van der Waals surface area contributed by atoms with Gasteiger partial charge in [0.1, 0.15) is 0 Å². The predicted octanol–water partition coefficient (Wildman–Crippen LogP) is 2.56. The van der Waals surface area contributed by atoms with Gasteiger partial charge in [-0.2, -0.15) is 9.49 Å². The lowest BCUT2D eigenvalue weighted by Gasteiger charge is -2.04. The highest BCUT2D eigenvalue weighted by molar-refractivity contribution is 5.49. The maximum Gasteiger partial charge on any atom is 0.304 e. The normalized spacial score (nSPS) is 10.4. The molecule has 0 bridgehead atoms. The third-order valence-corrected chi connectivity index (χ3v) is 2.65. The van der Waals surface area contributed by atoms with Crippen LogP contribution in [0.2, 0.25) is 0 Å². The highest BCUT2D eigenvalue weighted by Gasteiger charge is 2.13. The number of halogens is 1. The van der Waals surface area contributed by atoms with Crippen LogP contribution in [-0.2, 0) is 13.1 Å². The first-order chi connectivity index (χ1) is 9.10. The van der Waals surface area contributed by atoms with Crippen molar-refractivity contribution in [1.29, 1.82) is 0 Å². The molecular formula is C12H13FN4O2. The molecule has 7 heteroatoms. The molecule has 1 aromatic carbocycles. The molecule has 0 fully saturated rings. The van der Waals surface area contributed by atoms with Crippen LogP contribution < -0.4 is 5.32 Å². The summed E-state index contributed by atoms with van der Waals surface area (Å²) in [6, 6.07) is 3.74. The molecule has 1 aromatic heterocycles. The summed E-state index contributed by atoms with van der Waals surface area (Å²) in [7, 11) is 0. The van der Waals surface area contributed by atoms with Crippen LogP contribution in [0.1, 0.15) is 12.5 Å². The van der Waals surface area contributed by atoms with Crippen molar-refractivity contribution in [2.75, 3.05) is 5.32 Å². The van der Waals surface area contributed by atoms with E-state index in [1.807, 2.05) is 13.1 Å². The fraction of sp³-hybridized carbons (Fsp3) is 0.250. The van der Waals surface area contributed by atoms with Crippen LogP contribution in [0, 0.1) is 15.9 Å². The summed E-state index contributed by atoms with van der Waals surface area (Å²) in [4.78, 5) is 9.74. The Morgan fingerprint density at radius 1 is 1.53 bits per heavy atom. The van der Waals surface area contributed by atoms with Crippen molar-refractivity contribution in [1.82, 2.24) is 9.78 Å². The molecule has 100 valence electrons. The standard InChI is InChI=1S/C12H13FN4O2/c1-2-16-8-9(7-15-16)6-14-10-3-4-12(17(18)19)11(13)5-10/h3-5,7-8,14H,2,6H2,1H3. The number of hydrogen-bond donors (Lipinski definition) is 1. The number of benzene rings is 1. The predicted molar refractivity (Wildman–Crippen MR) is 68.3 cm³/mol. The molecule has 0 saturated carbocycles. The fourth-order valence-electron chi connectivity index (χ4n) is 1.64. The molecule has 2 aromatic rings. The number of nitro benzene ring substituents is 1. The molecular weight excluding hydrogens is 251 g/mol. The Morgan fingerprint density at radius 3 is 2.89 bits per heavy atom. The van der Waals surface area contributed by atoms with Crippen LogP contribution in [-0.4, -0.2) is 14.7 Å². The monoisotopic (exact) mass is 264 g/mol. The minimum absolute atomic E-state index is 0.483. The molecule has 0 aliphatic rings. The summed E-state index contributed by atoms with van der Waals surface area (Å²) in [5, 5.41) is 17.6. The quantitative estimate of drug-likeness (QED) is 0.665. The van der Waals surface area contributed by atoms with E-state index in [1.54, 1.807) is 10.9 Å². The Kier molecular flexibility index (Phi) is 3.74. The van der Waals surface area contributed by atoms with Crippen molar-refractivity contribution in [2.24, 2.45) is 0 Å². The zero-order valence-corrected chi connectivity index (χ0v) is 10.3. The average Bonchev–Trinajstić information content (AvgIpc) is 2.84. The SMILES string of the molecule is CCn1cc(CNc2ccc([N+](=O)[O-])c(F)c2)cn1. The highest BCUT2D eigenvalue weighted by atomic mass is 19.1.